The van der Waals surface area contributed by atoms with Crippen LogP contribution in [0.3, 0.4) is 0 Å². The largest absolute Gasteiger partial charge is 0.494 e. The van der Waals surface area contributed by atoms with Crippen LogP contribution in [0.2, 0.25) is 0 Å². The molecule has 32 heavy (non-hydrogen) atoms. The maximum absolute atomic E-state index is 13.6. The second-order valence-corrected chi connectivity index (χ2v) is 8.46. The molecule has 0 aliphatic carbocycles. The SMILES string of the molecule is CCOc1ccc(C(=O)N(/N=C/c2ccc([N+](=O)[O-])s2)c2nc3ccc(F)cc3s2)cc1. The van der Waals surface area contributed by atoms with Gasteiger partial charge in [-0.05, 0) is 55.5 Å². The molecule has 0 aliphatic rings. The highest BCUT2D eigenvalue weighted by atomic mass is 32.1. The number of carbonyl (C=O) groups is 1. The highest BCUT2D eigenvalue weighted by molar-refractivity contribution is 7.22. The molecule has 0 saturated carbocycles. The lowest BCUT2D eigenvalue weighted by molar-refractivity contribution is -0.380. The quantitative estimate of drug-likeness (QED) is 0.202. The Kier molecular flexibility index (Phi) is 6.19. The minimum atomic E-state index is -0.493. The zero-order valence-electron chi connectivity index (χ0n) is 16.6. The van der Waals surface area contributed by atoms with E-state index < -0.39 is 16.6 Å². The Hall–Kier alpha value is -3.70. The Labute approximate surface area is 189 Å². The number of ether oxygens (including phenoxy) is 1. The molecule has 0 radical (unpaired) electrons. The lowest BCUT2D eigenvalue weighted by atomic mass is 10.2. The first-order chi connectivity index (χ1) is 15.4. The van der Waals surface area contributed by atoms with Crippen molar-refractivity contribution >= 4 is 55.1 Å². The number of hydrogen-bond donors (Lipinski definition) is 0. The number of hydrazone groups is 1. The second-order valence-electron chi connectivity index (χ2n) is 6.36. The van der Waals surface area contributed by atoms with Gasteiger partial charge in [-0.3, -0.25) is 14.9 Å². The van der Waals surface area contributed by atoms with Crippen molar-refractivity contribution < 1.29 is 18.8 Å². The van der Waals surface area contributed by atoms with Crippen molar-refractivity contribution in [2.24, 2.45) is 5.10 Å². The summed E-state index contributed by atoms with van der Waals surface area (Å²) in [6.07, 6.45) is 1.36. The first kappa shape index (κ1) is 21.5. The molecule has 0 spiro atoms. The van der Waals surface area contributed by atoms with Crippen LogP contribution >= 0.6 is 22.7 Å². The molecule has 0 unspecified atom stereocenters. The van der Waals surface area contributed by atoms with Gasteiger partial charge in [0.15, 0.2) is 0 Å². The topological polar surface area (TPSA) is 97.9 Å². The summed E-state index contributed by atoms with van der Waals surface area (Å²) >= 11 is 2.04. The van der Waals surface area contributed by atoms with Gasteiger partial charge in [-0.1, -0.05) is 22.7 Å². The Bertz CT molecular complexity index is 1320. The standard InChI is InChI=1S/C21H15FN4O4S2/c1-2-30-15-6-3-13(4-7-15)20(27)25(23-12-16-8-10-19(31-16)26(28)29)21-24-17-9-5-14(22)11-18(17)32-21/h3-12H,2H2,1H3/b23-12+. The van der Waals surface area contributed by atoms with Gasteiger partial charge in [-0.15, -0.1) is 0 Å². The van der Waals surface area contributed by atoms with E-state index in [0.717, 1.165) is 27.7 Å². The summed E-state index contributed by atoms with van der Waals surface area (Å²) < 4.78 is 19.6. The lowest BCUT2D eigenvalue weighted by Gasteiger charge is -2.14. The predicted octanol–water partition coefficient (Wildman–Crippen LogP) is 5.48. The zero-order valence-corrected chi connectivity index (χ0v) is 18.2. The molecule has 2 aromatic carbocycles. The normalized spacial score (nSPS) is 11.2. The molecule has 8 nitrogen and oxygen atoms in total. The molecule has 0 atom stereocenters. The highest BCUT2D eigenvalue weighted by Crippen LogP contribution is 2.31. The number of thiophene rings is 1. The molecule has 162 valence electrons. The molecule has 0 bridgehead atoms. The fraction of sp³-hybridized carbons (Fsp3) is 0.0952. The van der Waals surface area contributed by atoms with Crippen molar-refractivity contribution in [3.8, 4) is 5.75 Å². The fourth-order valence-corrected chi connectivity index (χ4v) is 4.41. The van der Waals surface area contributed by atoms with E-state index >= 15 is 0 Å². The van der Waals surface area contributed by atoms with Crippen LogP contribution in [-0.4, -0.2) is 28.6 Å². The number of aromatic nitrogens is 1. The summed E-state index contributed by atoms with van der Waals surface area (Å²) in [6.45, 7) is 2.36. The summed E-state index contributed by atoms with van der Waals surface area (Å²) in [7, 11) is 0. The third kappa shape index (κ3) is 4.63. The van der Waals surface area contributed by atoms with Crippen molar-refractivity contribution in [2.75, 3.05) is 11.6 Å². The van der Waals surface area contributed by atoms with Crippen LogP contribution in [0.1, 0.15) is 22.2 Å². The molecule has 0 aliphatic heterocycles. The Balaban J connectivity index is 1.71. The van der Waals surface area contributed by atoms with Crippen LogP contribution in [0.25, 0.3) is 10.2 Å². The van der Waals surface area contributed by atoms with Crippen LogP contribution < -0.4 is 9.75 Å². The molecule has 1 amide bonds. The Morgan fingerprint density at radius 1 is 1.22 bits per heavy atom. The molecular formula is C21H15FN4O4S2. The van der Waals surface area contributed by atoms with Gasteiger partial charge in [-0.2, -0.15) is 10.1 Å². The molecule has 4 aromatic rings. The second kappa shape index (κ2) is 9.20. The van der Waals surface area contributed by atoms with Gasteiger partial charge in [0, 0.05) is 11.6 Å². The summed E-state index contributed by atoms with van der Waals surface area (Å²) in [4.78, 5) is 28.6. The number of nitrogens with zero attached hydrogens (tertiary/aromatic N) is 4. The van der Waals surface area contributed by atoms with E-state index in [1.54, 1.807) is 30.3 Å². The summed E-state index contributed by atoms with van der Waals surface area (Å²) in [5.41, 5.74) is 0.867. The molecular weight excluding hydrogens is 455 g/mol. The smallest absolute Gasteiger partial charge is 0.324 e. The number of carbonyl (C=O) groups excluding carboxylic acids is 1. The van der Waals surface area contributed by atoms with Gasteiger partial charge in [-0.25, -0.2) is 9.37 Å². The predicted molar refractivity (Wildman–Crippen MR) is 123 cm³/mol. The number of benzene rings is 2. The average Bonchev–Trinajstić information content (AvgIpc) is 3.41. The van der Waals surface area contributed by atoms with Crippen molar-refractivity contribution in [3.63, 3.8) is 0 Å². The van der Waals surface area contributed by atoms with E-state index in [4.69, 9.17) is 4.74 Å². The van der Waals surface area contributed by atoms with Crippen molar-refractivity contribution in [3.05, 3.63) is 81.0 Å². The average molecular weight is 471 g/mol. The zero-order chi connectivity index (χ0) is 22.7. The third-order valence-electron chi connectivity index (χ3n) is 4.22. The van der Waals surface area contributed by atoms with Crippen molar-refractivity contribution in [1.29, 1.82) is 0 Å². The summed E-state index contributed by atoms with van der Waals surface area (Å²) in [6, 6.07) is 13.6. The minimum absolute atomic E-state index is 0.0358. The van der Waals surface area contributed by atoms with Crippen LogP contribution in [-0.2, 0) is 0 Å². The molecule has 2 aromatic heterocycles. The molecule has 0 N–H and O–H groups in total. The van der Waals surface area contributed by atoms with Crippen LogP contribution in [0, 0.1) is 15.9 Å². The Morgan fingerprint density at radius 3 is 2.69 bits per heavy atom. The van der Waals surface area contributed by atoms with Crippen molar-refractivity contribution in [2.45, 2.75) is 6.92 Å². The number of thiazole rings is 1. The minimum Gasteiger partial charge on any atom is -0.494 e. The van der Waals surface area contributed by atoms with Gasteiger partial charge in [0.25, 0.3) is 5.91 Å². The number of hydrogen-bond acceptors (Lipinski definition) is 8. The van der Waals surface area contributed by atoms with E-state index in [2.05, 4.69) is 10.1 Å². The first-order valence-corrected chi connectivity index (χ1v) is 11.0. The van der Waals surface area contributed by atoms with Gasteiger partial charge < -0.3 is 4.74 Å². The molecule has 0 fully saturated rings. The lowest BCUT2D eigenvalue weighted by Crippen LogP contribution is -2.25. The van der Waals surface area contributed by atoms with E-state index in [1.807, 2.05) is 6.92 Å². The van der Waals surface area contributed by atoms with E-state index in [-0.39, 0.29) is 10.1 Å². The van der Waals surface area contributed by atoms with E-state index in [9.17, 15) is 19.3 Å². The fourth-order valence-electron chi connectivity index (χ4n) is 2.77. The van der Waals surface area contributed by atoms with Crippen molar-refractivity contribution in [1.82, 2.24) is 4.98 Å². The first-order valence-electron chi connectivity index (χ1n) is 9.36. The van der Waals surface area contributed by atoms with Crippen LogP contribution in [0.4, 0.5) is 14.5 Å². The van der Waals surface area contributed by atoms with Gasteiger partial charge in [0.05, 0.1) is 32.8 Å². The molecule has 0 saturated heterocycles. The number of fused-ring (bicyclic) bond motifs is 1. The monoisotopic (exact) mass is 470 g/mol. The maximum atomic E-state index is 13.6. The summed E-state index contributed by atoms with van der Waals surface area (Å²) in [5.74, 6) is -0.248. The summed E-state index contributed by atoms with van der Waals surface area (Å²) in [5, 5.41) is 16.5. The molecule has 4 rings (SSSR count). The van der Waals surface area contributed by atoms with Gasteiger partial charge >= 0.3 is 5.00 Å². The Morgan fingerprint density at radius 2 is 2.00 bits per heavy atom. The number of halogens is 1. The van der Waals surface area contributed by atoms with Gasteiger partial charge in [0.1, 0.15) is 11.6 Å². The number of amides is 1. The maximum Gasteiger partial charge on any atom is 0.324 e. The highest BCUT2D eigenvalue weighted by Gasteiger charge is 2.21. The number of rotatable bonds is 7. The molecule has 11 heteroatoms. The third-order valence-corrected chi connectivity index (χ3v) is 6.18. The van der Waals surface area contributed by atoms with Crippen LogP contribution in [0.15, 0.2) is 59.7 Å². The van der Waals surface area contributed by atoms with E-state index in [0.29, 0.717) is 33.0 Å². The molecule has 2 heterocycles. The number of nitro groups is 1. The van der Waals surface area contributed by atoms with Crippen LogP contribution in [0.5, 0.6) is 5.75 Å². The number of anilines is 1. The van der Waals surface area contributed by atoms with E-state index in [1.165, 1.54) is 30.5 Å². The van der Waals surface area contributed by atoms with Gasteiger partial charge in [0.2, 0.25) is 5.13 Å².